The van der Waals surface area contributed by atoms with Crippen LogP contribution in [0.3, 0.4) is 0 Å². The smallest absolute Gasteiger partial charge is 0.328 e. The average molecular weight is 261 g/mol. The van der Waals surface area contributed by atoms with Crippen molar-refractivity contribution in [3.63, 3.8) is 0 Å². The van der Waals surface area contributed by atoms with E-state index in [9.17, 15) is 4.79 Å². The zero-order valence-electron chi connectivity index (χ0n) is 8.54. The Morgan fingerprint density at radius 2 is 2.00 bits per heavy atom. The van der Waals surface area contributed by atoms with Crippen LogP contribution in [0.25, 0.3) is 0 Å². The van der Waals surface area contributed by atoms with Crippen molar-refractivity contribution < 1.29 is 14.6 Å². The molecule has 3 nitrogen and oxygen atoms in total. The fourth-order valence-electron chi connectivity index (χ4n) is 1.06. The summed E-state index contributed by atoms with van der Waals surface area (Å²) in [7, 11) is 0. The zero-order chi connectivity index (χ0) is 12.1. The number of carboxylic acids is 1. The van der Waals surface area contributed by atoms with Gasteiger partial charge >= 0.3 is 5.97 Å². The minimum absolute atomic E-state index is 0.135. The number of ether oxygens (including phenoxy) is 1. The van der Waals surface area contributed by atoms with Crippen LogP contribution in [0.15, 0.2) is 29.8 Å². The van der Waals surface area contributed by atoms with E-state index in [1.807, 2.05) is 0 Å². The zero-order valence-corrected chi connectivity index (χ0v) is 10.0. The number of aliphatic carboxylic acids is 1. The molecule has 5 heteroatoms. The molecule has 0 aliphatic heterocycles. The van der Waals surface area contributed by atoms with E-state index in [0.29, 0.717) is 21.4 Å². The molecule has 0 atom stereocenters. The fraction of sp³-hybridized carbons (Fsp3) is 0.182. The predicted molar refractivity (Wildman–Crippen MR) is 63.3 cm³/mol. The summed E-state index contributed by atoms with van der Waals surface area (Å²) in [5.74, 6) is -0.643. The first-order valence-electron chi connectivity index (χ1n) is 4.47. The van der Waals surface area contributed by atoms with Gasteiger partial charge in [0.15, 0.2) is 5.75 Å². The Kier molecular flexibility index (Phi) is 4.65. The number of benzene rings is 1. The van der Waals surface area contributed by atoms with Gasteiger partial charge in [-0.25, -0.2) is 4.79 Å². The maximum Gasteiger partial charge on any atom is 0.328 e. The van der Waals surface area contributed by atoms with Crippen LogP contribution in [-0.4, -0.2) is 17.7 Å². The molecule has 0 fully saturated rings. The lowest BCUT2D eigenvalue weighted by atomic mass is 10.3. The Morgan fingerprint density at radius 1 is 1.44 bits per heavy atom. The molecule has 0 aliphatic rings. The van der Waals surface area contributed by atoms with Crippen molar-refractivity contribution >= 4 is 29.2 Å². The molecule has 0 bridgehead atoms. The minimum atomic E-state index is -1.01. The predicted octanol–water partition coefficient (Wildman–Crippen LogP) is 3.40. The van der Waals surface area contributed by atoms with E-state index in [4.69, 9.17) is 33.0 Å². The summed E-state index contributed by atoms with van der Waals surface area (Å²) >= 11 is 11.7. The van der Waals surface area contributed by atoms with Gasteiger partial charge in [0, 0.05) is 6.08 Å². The van der Waals surface area contributed by atoms with E-state index < -0.39 is 5.97 Å². The molecule has 0 aliphatic carbocycles. The van der Waals surface area contributed by atoms with Crippen molar-refractivity contribution in [3.05, 3.63) is 39.9 Å². The number of para-hydroxylation sites is 1. The minimum Gasteiger partial charge on any atom is -0.486 e. The van der Waals surface area contributed by atoms with Gasteiger partial charge in [0.25, 0.3) is 0 Å². The van der Waals surface area contributed by atoms with E-state index in [1.165, 1.54) is 0 Å². The van der Waals surface area contributed by atoms with Gasteiger partial charge in [-0.05, 0) is 24.6 Å². The maximum atomic E-state index is 10.4. The van der Waals surface area contributed by atoms with Crippen molar-refractivity contribution in [1.82, 2.24) is 0 Å². The van der Waals surface area contributed by atoms with Gasteiger partial charge in [0.1, 0.15) is 6.61 Å². The van der Waals surface area contributed by atoms with Crippen LogP contribution >= 0.6 is 23.2 Å². The summed E-state index contributed by atoms with van der Waals surface area (Å²) in [6.07, 6.45) is 1.07. The second-order valence-corrected chi connectivity index (χ2v) is 3.98. The highest BCUT2D eigenvalue weighted by atomic mass is 35.5. The van der Waals surface area contributed by atoms with Crippen molar-refractivity contribution in [1.29, 1.82) is 0 Å². The highest BCUT2D eigenvalue weighted by Gasteiger charge is 2.06. The molecule has 16 heavy (non-hydrogen) atoms. The number of carbonyl (C=O) groups is 1. The second-order valence-electron chi connectivity index (χ2n) is 3.17. The maximum absolute atomic E-state index is 10.4. The Bertz CT molecular complexity index is 407. The van der Waals surface area contributed by atoms with Crippen LogP contribution in [0.5, 0.6) is 5.75 Å². The molecule has 0 amide bonds. The van der Waals surface area contributed by atoms with Crippen molar-refractivity contribution in [2.45, 2.75) is 6.92 Å². The highest BCUT2D eigenvalue weighted by molar-refractivity contribution is 6.37. The number of hydrogen-bond donors (Lipinski definition) is 1. The van der Waals surface area contributed by atoms with E-state index in [-0.39, 0.29) is 6.61 Å². The normalized spacial score (nSPS) is 11.3. The van der Waals surface area contributed by atoms with Crippen LogP contribution in [0.4, 0.5) is 0 Å². The molecule has 1 aromatic rings. The van der Waals surface area contributed by atoms with E-state index >= 15 is 0 Å². The molecule has 86 valence electrons. The van der Waals surface area contributed by atoms with Gasteiger partial charge in [-0.15, -0.1) is 0 Å². The quantitative estimate of drug-likeness (QED) is 0.845. The number of rotatable bonds is 4. The van der Waals surface area contributed by atoms with Crippen molar-refractivity contribution in [2.75, 3.05) is 6.61 Å². The van der Waals surface area contributed by atoms with Gasteiger partial charge < -0.3 is 9.84 Å². The monoisotopic (exact) mass is 260 g/mol. The summed E-state index contributed by atoms with van der Waals surface area (Å²) in [5.41, 5.74) is 0.573. The molecule has 0 saturated carbocycles. The first-order valence-corrected chi connectivity index (χ1v) is 5.23. The second kappa shape index (κ2) is 5.77. The molecule has 1 rings (SSSR count). The molecular weight excluding hydrogens is 251 g/mol. The first-order chi connectivity index (χ1) is 7.50. The van der Waals surface area contributed by atoms with Gasteiger partial charge in [-0.3, -0.25) is 0 Å². The van der Waals surface area contributed by atoms with E-state index in [2.05, 4.69) is 0 Å². The number of carboxylic acid groups (broad SMARTS) is 1. The molecule has 0 heterocycles. The van der Waals surface area contributed by atoms with Crippen LogP contribution in [0.2, 0.25) is 10.0 Å². The lowest BCUT2D eigenvalue weighted by molar-refractivity contribution is -0.131. The third-order valence-electron chi connectivity index (χ3n) is 1.73. The van der Waals surface area contributed by atoms with Crippen molar-refractivity contribution in [3.8, 4) is 5.75 Å². The molecule has 0 unspecified atom stereocenters. The summed E-state index contributed by atoms with van der Waals surface area (Å²) in [4.78, 5) is 10.4. The Balaban J connectivity index is 2.72. The summed E-state index contributed by atoms with van der Waals surface area (Å²) in [6.45, 7) is 1.79. The van der Waals surface area contributed by atoms with Crippen molar-refractivity contribution in [2.24, 2.45) is 0 Å². The Morgan fingerprint density at radius 3 is 2.50 bits per heavy atom. The van der Waals surface area contributed by atoms with E-state index in [0.717, 1.165) is 6.08 Å². The standard InChI is InChI=1S/C11H10Cl2O3/c1-7(5-10(14)15)6-16-11-8(12)3-2-4-9(11)13/h2-5H,6H2,1H3,(H,14,15). The molecule has 0 radical (unpaired) electrons. The molecular formula is C11H10Cl2O3. The van der Waals surface area contributed by atoms with Crippen LogP contribution in [-0.2, 0) is 4.79 Å². The average Bonchev–Trinajstić information content (AvgIpc) is 2.15. The van der Waals surface area contributed by atoms with Gasteiger partial charge in [-0.2, -0.15) is 0 Å². The Labute approximate surface area is 103 Å². The topological polar surface area (TPSA) is 46.5 Å². The van der Waals surface area contributed by atoms with Crippen LogP contribution in [0, 0.1) is 0 Å². The SMILES string of the molecule is CC(=CC(=O)O)COc1c(Cl)cccc1Cl. The highest BCUT2D eigenvalue weighted by Crippen LogP contribution is 2.32. The third kappa shape index (κ3) is 3.76. The summed E-state index contributed by atoms with van der Waals surface area (Å²) in [5, 5.41) is 9.30. The van der Waals surface area contributed by atoms with E-state index in [1.54, 1.807) is 25.1 Å². The molecule has 0 aromatic heterocycles. The van der Waals surface area contributed by atoms with Crippen LogP contribution < -0.4 is 4.74 Å². The Hall–Kier alpha value is -1.19. The number of halogens is 2. The van der Waals surface area contributed by atoms with Gasteiger partial charge in [0.05, 0.1) is 10.0 Å². The summed E-state index contributed by atoms with van der Waals surface area (Å²) in [6, 6.07) is 5.01. The molecule has 0 spiro atoms. The first kappa shape index (κ1) is 12.9. The third-order valence-corrected chi connectivity index (χ3v) is 2.33. The van der Waals surface area contributed by atoms with Gasteiger partial charge in [0.2, 0.25) is 0 Å². The van der Waals surface area contributed by atoms with Crippen LogP contribution in [0.1, 0.15) is 6.92 Å². The summed E-state index contributed by atoms with van der Waals surface area (Å²) < 4.78 is 5.33. The molecule has 0 saturated heterocycles. The van der Waals surface area contributed by atoms with Gasteiger partial charge in [-0.1, -0.05) is 29.3 Å². The lowest BCUT2D eigenvalue weighted by Crippen LogP contribution is -2.02. The molecule has 1 N–H and O–H groups in total. The fourth-order valence-corrected chi connectivity index (χ4v) is 1.57. The molecule has 1 aromatic carbocycles. The number of hydrogen-bond acceptors (Lipinski definition) is 2. The largest absolute Gasteiger partial charge is 0.486 e. The lowest BCUT2D eigenvalue weighted by Gasteiger charge is -2.09.